The Morgan fingerprint density at radius 2 is 1.93 bits per heavy atom. The third-order valence-electron chi connectivity index (χ3n) is 7.85. The van der Waals surface area contributed by atoms with Gasteiger partial charge in [0.2, 0.25) is 11.8 Å². The highest BCUT2D eigenvalue weighted by Crippen LogP contribution is 2.31. The standard InChI is InChI=1S/C30H28N6O5/c37-27(16-33-28(38)18-5-6-22-21-3-1-2-4-25(21)41-26(22)12-18)36-17-30(34-9-10-40-30)13-24(36)29(39)32-15-20-11-19-14-31-8-7-23(19)35-20/h1-8,11-12,14,24,34-35H,9-10,13,15-17H2,(H,32,39)(H,33,38)/t24-,30?/m0/s1. The molecule has 2 aromatic carbocycles. The van der Waals surface area contributed by atoms with Gasteiger partial charge >= 0.3 is 0 Å². The first-order valence-electron chi connectivity index (χ1n) is 13.6. The van der Waals surface area contributed by atoms with Crippen molar-refractivity contribution in [3.63, 3.8) is 0 Å². The van der Waals surface area contributed by atoms with Crippen LogP contribution in [-0.4, -0.2) is 70.6 Å². The van der Waals surface area contributed by atoms with E-state index in [1.807, 2.05) is 42.5 Å². The van der Waals surface area contributed by atoms with Gasteiger partial charge in [-0.25, -0.2) is 0 Å². The minimum absolute atomic E-state index is 0.211. The molecule has 2 atom stereocenters. The summed E-state index contributed by atoms with van der Waals surface area (Å²) in [6.45, 7) is 1.37. The summed E-state index contributed by atoms with van der Waals surface area (Å²) in [5, 5.41) is 11.8. The Kier molecular flexibility index (Phi) is 6.17. The largest absolute Gasteiger partial charge is 0.456 e. The molecule has 3 aromatic heterocycles. The van der Waals surface area contributed by atoms with E-state index in [0.29, 0.717) is 30.7 Å². The molecule has 2 saturated heterocycles. The van der Waals surface area contributed by atoms with Crippen LogP contribution in [0.15, 0.2) is 71.4 Å². The van der Waals surface area contributed by atoms with Gasteiger partial charge in [0.15, 0.2) is 0 Å². The summed E-state index contributed by atoms with van der Waals surface area (Å²) < 4.78 is 11.8. The van der Waals surface area contributed by atoms with Gasteiger partial charge in [0, 0.05) is 58.3 Å². The van der Waals surface area contributed by atoms with E-state index < -0.39 is 17.7 Å². The van der Waals surface area contributed by atoms with E-state index >= 15 is 0 Å². The number of nitrogens with zero attached hydrogens (tertiary/aromatic N) is 2. The number of furan rings is 1. The van der Waals surface area contributed by atoms with Crippen LogP contribution in [0.2, 0.25) is 0 Å². The number of pyridine rings is 1. The lowest BCUT2D eigenvalue weighted by Crippen LogP contribution is -2.49. The number of carbonyl (C=O) groups is 3. The summed E-state index contributed by atoms with van der Waals surface area (Å²) in [5.41, 5.74) is 2.70. The van der Waals surface area contributed by atoms with Crippen molar-refractivity contribution in [1.29, 1.82) is 0 Å². The van der Waals surface area contributed by atoms with E-state index in [2.05, 4.69) is 25.9 Å². The second kappa shape index (κ2) is 10.0. The van der Waals surface area contributed by atoms with Crippen molar-refractivity contribution < 1.29 is 23.5 Å². The molecule has 0 saturated carbocycles. The molecule has 1 spiro atoms. The number of rotatable bonds is 6. The fraction of sp³-hybridized carbons (Fsp3) is 0.267. The Balaban J connectivity index is 1.03. The molecule has 11 nitrogen and oxygen atoms in total. The van der Waals surface area contributed by atoms with Crippen LogP contribution in [0.3, 0.4) is 0 Å². The van der Waals surface area contributed by atoms with Gasteiger partial charge in [0.25, 0.3) is 5.91 Å². The van der Waals surface area contributed by atoms with Crippen molar-refractivity contribution in [2.45, 2.75) is 24.7 Å². The minimum Gasteiger partial charge on any atom is -0.456 e. The van der Waals surface area contributed by atoms with Crippen molar-refractivity contribution in [1.82, 2.24) is 30.8 Å². The van der Waals surface area contributed by atoms with Crippen LogP contribution in [0.4, 0.5) is 0 Å². The van der Waals surface area contributed by atoms with Gasteiger partial charge in [-0.05, 0) is 36.4 Å². The van der Waals surface area contributed by atoms with E-state index in [9.17, 15) is 14.4 Å². The molecule has 2 fully saturated rings. The van der Waals surface area contributed by atoms with Crippen LogP contribution < -0.4 is 16.0 Å². The zero-order valence-electron chi connectivity index (χ0n) is 22.1. The predicted molar refractivity (Wildman–Crippen MR) is 151 cm³/mol. The Hall–Kier alpha value is -4.74. The second-order valence-corrected chi connectivity index (χ2v) is 10.5. The number of amides is 3. The predicted octanol–water partition coefficient (Wildman–Crippen LogP) is 2.43. The summed E-state index contributed by atoms with van der Waals surface area (Å²) in [5.74, 6) is -1.06. The highest BCUT2D eigenvalue weighted by atomic mass is 16.5. The average molecular weight is 553 g/mol. The van der Waals surface area contributed by atoms with Gasteiger partial charge in [-0.15, -0.1) is 0 Å². The first-order chi connectivity index (χ1) is 20.0. The van der Waals surface area contributed by atoms with E-state index in [1.54, 1.807) is 24.5 Å². The molecule has 3 amide bonds. The van der Waals surface area contributed by atoms with Crippen molar-refractivity contribution in [2.24, 2.45) is 0 Å². The quantitative estimate of drug-likeness (QED) is 0.254. The lowest BCUT2D eigenvalue weighted by molar-refractivity contribution is -0.138. The first-order valence-corrected chi connectivity index (χ1v) is 13.6. The number of benzene rings is 2. The number of aromatic nitrogens is 2. The Bertz CT molecular complexity index is 1770. The molecule has 5 aromatic rings. The van der Waals surface area contributed by atoms with Crippen molar-refractivity contribution in [3.8, 4) is 0 Å². The van der Waals surface area contributed by atoms with Crippen LogP contribution >= 0.6 is 0 Å². The second-order valence-electron chi connectivity index (χ2n) is 10.5. The highest BCUT2D eigenvalue weighted by Gasteiger charge is 2.51. The number of carbonyl (C=O) groups excluding carboxylic acids is 3. The van der Waals surface area contributed by atoms with Crippen LogP contribution in [0.1, 0.15) is 22.5 Å². The van der Waals surface area contributed by atoms with Gasteiger partial charge in [-0.3, -0.25) is 24.7 Å². The number of fused-ring (bicyclic) bond motifs is 4. The van der Waals surface area contributed by atoms with Gasteiger partial charge in [0.05, 0.1) is 26.2 Å². The molecule has 0 radical (unpaired) electrons. The van der Waals surface area contributed by atoms with E-state index in [1.165, 1.54) is 4.90 Å². The maximum atomic E-state index is 13.4. The number of likely N-dealkylation sites (tertiary alicyclic amines) is 1. The molecule has 2 aliphatic heterocycles. The van der Waals surface area contributed by atoms with Crippen LogP contribution in [0, 0.1) is 0 Å². The molecule has 11 heteroatoms. The number of ether oxygens (including phenoxy) is 1. The number of hydrogen-bond acceptors (Lipinski definition) is 7. The number of H-pyrrole nitrogens is 1. The SMILES string of the molecule is O=C(NCC(=O)N1CC2(C[C@H]1C(=O)NCc1cc3cnccc3[nH]1)NCCO2)c1ccc2c(c1)oc1ccccc12. The number of para-hydroxylation sites is 1. The Morgan fingerprint density at radius 3 is 2.78 bits per heavy atom. The molecule has 208 valence electrons. The smallest absolute Gasteiger partial charge is 0.251 e. The van der Waals surface area contributed by atoms with E-state index in [0.717, 1.165) is 33.0 Å². The minimum atomic E-state index is -0.777. The summed E-state index contributed by atoms with van der Waals surface area (Å²) in [6, 6.07) is 16.0. The molecule has 5 heterocycles. The lowest BCUT2D eigenvalue weighted by atomic mass is 10.1. The number of nitrogens with one attached hydrogen (secondary N) is 4. The van der Waals surface area contributed by atoms with Crippen LogP contribution in [-0.2, 0) is 20.9 Å². The normalized spacial score (nSPS) is 20.4. The topological polar surface area (TPSA) is 142 Å². The molecular formula is C30H28N6O5. The molecule has 0 aliphatic carbocycles. The monoisotopic (exact) mass is 552 g/mol. The van der Waals surface area contributed by atoms with Crippen molar-refractivity contribution in [2.75, 3.05) is 26.2 Å². The van der Waals surface area contributed by atoms with E-state index in [-0.39, 0.29) is 31.4 Å². The Morgan fingerprint density at radius 1 is 1.05 bits per heavy atom. The molecule has 1 unspecified atom stereocenters. The molecule has 41 heavy (non-hydrogen) atoms. The van der Waals surface area contributed by atoms with Gasteiger partial charge in [-0.1, -0.05) is 18.2 Å². The van der Waals surface area contributed by atoms with Crippen molar-refractivity contribution >= 4 is 50.6 Å². The molecule has 7 rings (SSSR count). The zero-order valence-corrected chi connectivity index (χ0v) is 22.1. The third kappa shape index (κ3) is 4.68. The number of aromatic amines is 1. The average Bonchev–Trinajstić information content (AvgIpc) is 3.79. The highest BCUT2D eigenvalue weighted by molar-refractivity contribution is 6.07. The molecule has 2 aliphatic rings. The van der Waals surface area contributed by atoms with E-state index in [4.69, 9.17) is 9.15 Å². The van der Waals surface area contributed by atoms with Crippen LogP contribution in [0.5, 0.6) is 0 Å². The summed E-state index contributed by atoms with van der Waals surface area (Å²) in [7, 11) is 0. The summed E-state index contributed by atoms with van der Waals surface area (Å²) >= 11 is 0. The van der Waals surface area contributed by atoms with Gasteiger partial charge in [-0.2, -0.15) is 0 Å². The van der Waals surface area contributed by atoms with Crippen LogP contribution in [0.25, 0.3) is 32.8 Å². The Labute approximate surface area is 234 Å². The van der Waals surface area contributed by atoms with Crippen molar-refractivity contribution in [3.05, 3.63) is 78.2 Å². The molecular weight excluding hydrogens is 524 g/mol. The summed E-state index contributed by atoms with van der Waals surface area (Å²) in [4.78, 5) is 48.6. The maximum Gasteiger partial charge on any atom is 0.251 e. The maximum absolute atomic E-state index is 13.4. The fourth-order valence-corrected chi connectivity index (χ4v) is 5.83. The van der Waals surface area contributed by atoms with Gasteiger partial charge in [0.1, 0.15) is 22.9 Å². The van der Waals surface area contributed by atoms with Gasteiger partial charge < -0.3 is 29.7 Å². The molecule has 4 N–H and O–H groups in total. The number of hydrogen-bond donors (Lipinski definition) is 4. The molecule has 0 bridgehead atoms. The fourth-order valence-electron chi connectivity index (χ4n) is 5.83. The zero-order chi connectivity index (χ0) is 28.0. The summed E-state index contributed by atoms with van der Waals surface area (Å²) in [6.07, 6.45) is 3.77. The third-order valence-corrected chi connectivity index (χ3v) is 7.85. The lowest BCUT2D eigenvalue weighted by Gasteiger charge is -2.24. The first kappa shape index (κ1) is 25.2.